The van der Waals surface area contributed by atoms with Gasteiger partial charge in [0, 0.05) is 37.9 Å². The summed E-state index contributed by atoms with van der Waals surface area (Å²) in [5.74, 6) is 1.63. The second-order valence-corrected chi connectivity index (χ2v) is 9.73. The highest BCUT2D eigenvalue weighted by atomic mass is 32.2. The maximum Gasteiger partial charge on any atom is 0.386 e. The fraction of sp³-hybridized carbons (Fsp3) is 0.536. The van der Waals surface area contributed by atoms with E-state index in [0.717, 1.165) is 40.3 Å². The van der Waals surface area contributed by atoms with Crippen molar-refractivity contribution in [3.05, 3.63) is 58.7 Å². The van der Waals surface area contributed by atoms with E-state index >= 15 is 0 Å². The van der Waals surface area contributed by atoms with Gasteiger partial charge >= 0.3 is 6.18 Å². The van der Waals surface area contributed by atoms with Crippen LogP contribution in [0.4, 0.5) is 13.2 Å². The van der Waals surface area contributed by atoms with Gasteiger partial charge in [-0.3, -0.25) is 9.78 Å². The van der Waals surface area contributed by atoms with Crippen molar-refractivity contribution in [3.63, 3.8) is 0 Å². The zero-order chi connectivity index (χ0) is 27.5. The van der Waals surface area contributed by atoms with E-state index in [1.807, 2.05) is 13.8 Å². The molecule has 0 amide bonds. The molecule has 2 aromatic rings. The van der Waals surface area contributed by atoms with Crippen molar-refractivity contribution in [2.24, 2.45) is 11.8 Å². The normalized spacial score (nSPS) is 16.5. The lowest BCUT2D eigenvalue weighted by Crippen LogP contribution is -2.25. The summed E-state index contributed by atoms with van der Waals surface area (Å²) in [6.45, 7) is 12.6. The van der Waals surface area contributed by atoms with E-state index in [4.69, 9.17) is 0 Å². The first-order valence-electron chi connectivity index (χ1n) is 12.5. The number of nitrogens with zero attached hydrogens (tertiary/aromatic N) is 2. The number of alkyl halides is 3. The number of rotatable bonds is 7. The number of Topliss-reactive ketones (excluding diaryl/α,β-unsaturated/α-hetero) is 1. The highest BCUT2D eigenvalue weighted by Gasteiger charge is 2.33. The third-order valence-corrected chi connectivity index (χ3v) is 6.97. The Kier molecular flexibility index (Phi) is 13.2. The first kappa shape index (κ1) is 31.7. The van der Waals surface area contributed by atoms with E-state index in [1.165, 1.54) is 5.56 Å². The van der Waals surface area contributed by atoms with Crippen molar-refractivity contribution >= 4 is 23.1 Å². The van der Waals surface area contributed by atoms with Crippen LogP contribution in [0.25, 0.3) is 5.57 Å². The molecule has 0 fully saturated rings. The van der Waals surface area contributed by atoms with Gasteiger partial charge in [-0.1, -0.05) is 52.3 Å². The third-order valence-electron chi connectivity index (χ3n) is 5.77. The molecule has 0 spiro atoms. The molecule has 8 heteroatoms. The summed E-state index contributed by atoms with van der Waals surface area (Å²) < 4.78 is 31.1. The number of ketones is 1. The van der Waals surface area contributed by atoms with Crippen LogP contribution in [0, 0.1) is 18.8 Å². The number of carbonyl (C=O) groups excluding carboxylic acids is 1. The number of aromatic nitrogens is 2. The van der Waals surface area contributed by atoms with Gasteiger partial charge in [0.25, 0.3) is 0 Å². The van der Waals surface area contributed by atoms with Gasteiger partial charge in [-0.15, -0.1) is 11.8 Å². The van der Waals surface area contributed by atoms with Gasteiger partial charge in [0.1, 0.15) is 10.8 Å². The average Bonchev–Trinajstić information content (AvgIpc) is 2.83. The minimum Gasteiger partial charge on any atom is -0.512 e. The molecule has 1 heterocycles. The van der Waals surface area contributed by atoms with Crippen molar-refractivity contribution < 1.29 is 23.1 Å². The second kappa shape index (κ2) is 15.0. The number of benzene rings is 1. The number of hydrogen-bond donors (Lipinski definition) is 1. The molecule has 4 nitrogen and oxygen atoms in total. The Hall–Kier alpha value is -2.35. The Bertz CT molecular complexity index is 977. The summed E-state index contributed by atoms with van der Waals surface area (Å²) in [5, 5.41) is 11.8. The molecule has 1 aromatic heterocycles. The number of allylic oxidation sites excluding steroid dienone is 2. The Morgan fingerprint density at radius 2 is 1.67 bits per heavy atom. The van der Waals surface area contributed by atoms with Crippen LogP contribution in [-0.2, 0) is 17.6 Å². The quantitative estimate of drug-likeness (QED) is 0.370. The van der Waals surface area contributed by atoms with E-state index in [9.17, 15) is 23.1 Å². The lowest BCUT2D eigenvalue weighted by Gasteiger charge is -2.29. The third kappa shape index (κ3) is 9.96. The zero-order valence-electron chi connectivity index (χ0n) is 22.4. The van der Waals surface area contributed by atoms with Gasteiger partial charge in [0.05, 0.1) is 11.8 Å². The Labute approximate surface area is 217 Å². The Morgan fingerprint density at radius 3 is 2.11 bits per heavy atom. The van der Waals surface area contributed by atoms with Crippen LogP contribution in [0.3, 0.4) is 0 Å². The molecular weight excluding hydrogens is 485 g/mol. The van der Waals surface area contributed by atoms with Crippen LogP contribution >= 0.6 is 11.8 Å². The lowest BCUT2D eigenvalue weighted by molar-refractivity contribution is -0.115. The molecule has 200 valence electrons. The summed E-state index contributed by atoms with van der Waals surface area (Å²) in [4.78, 5) is 21.6. The van der Waals surface area contributed by atoms with Crippen molar-refractivity contribution in [2.75, 3.05) is 5.75 Å². The smallest absolute Gasteiger partial charge is 0.386 e. The monoisotopic (exact) mass is 524 g/mol. The average molecular weight is 525 g/mol. The molecule has 2 atom stereocenters. The predicted octanol–water partition coefficient (Wildman–Crippen LogP) is 8.18. The Morgan fingerprint density at radius 1 is 1.11 bits per heavy atom. The number of thioether (sulfide) groups is 1. The summed E-state index contributed by atoms with van der Waals surface area (Å²) in [5.41, 5.74) is 5.05. The van der Waals surface area contributed by atoms with Crippen LogP contribution in [0.5, 0.6) is 0 Å². The van der Waals surface area contributed by atoms with Gasteiger partial charge < -0.3 is 5.11 Å². The van der Waals surface area contributed by atoms with Crippen LogP contribution in [0.15, 0.2) is 41.5 Å². The van der Waals surface area contributed by atoms with Crippen LogP contribution in [0.2, 0.25) is 0 Å². The molecule has 1 N–H and O–H groups in total. The number of halogens is 3. The van der Waals surface area contributed by atoms with Gasteiger partial charge in [0.15, 0.2) is 5.78 Å². The molecule has 0 saturated heterocycles. The molecule has 3 rings (SSSR count). The number of carbonyl (C=O) groups is 1. The van der Waals surface area contributed by atoms with Gasteiger partial charge in [0.2, 0.25) is 0 Å². The number of aliphatic hydroxyl groups is 1. The SMILES string of the molecule is CC.CC(F)(F)F.CCc1cc(C)cc(CC)c1C1=C(O)CC(C(C)CSc2cnccn2)CC1=O. The Balaban J connectivity index is 0.000000826. The maximum atomic E-state index is 13.2. The van der Waals surface area contributed by atoms with Crippen molar-refractivity contribution in [1.82, 2.24) is 9.97 Å². The zero-order valence-corrected chi connectivity index (χ0v) is 23.2. The number of aryl methyl sites for hydroxylation is 3. The van der Waals surface area contributed by atoms with Gasteiger partial charge in [-0.25, -0.2) is 4.98 Å². The van der Waals surface area contributed by atoms with E-state index < -0.39 is 6.18 Å². The first-order chi connectivity index (χ1) is 16.9. The summed E-state index contributed by atoms with van der Waals surface area (Å²) in [6, 6.07) is 4.29. The summed E-state index contributed by atoms with van der Waals surface area (Å²) in [6.07, 6.45) is 3.86. The van der Waals surface area contributed by atoms with Crippen LogP contribution < -0.4 is 0 Å². The van der Waals surface area contributed by atoms with E-state index in [2.05, 4.69) is 49.8 Å². The van der Waals surface area contributed by atoms with E-state index in [-0.39, 0.29) is 24.4 Å². The molecule has 0 aliphatic heterocycles. The molecule has 1 aromatic carbocycles. The van der Waals surface area contributed by atoms with Gasteiger partial charge in [-0.05, 0) is 48.3 Å². The fourth-order valence-electron chi connectivity index (χ4n) is 4.14. The highest BCUT2D eigenvalue weighted by Crippen LogP contribution is 2.39. The largest absolute Gasteiger partial charge is 0.512 e. The molecule has 1 aliphatic carbocycles. The van der Waals surface area contributed by atoms with Gasteiger partial charge in [-0.2, -0.15) is 13.2 Å². The maximum absolute atomic E-state index is 13.2. The molecule has 36 heavy (non-hydrogen) atoms. The summed E-state index contributed by atoms with van der Waals surface area (Å²) >= 11 is 1.65. The van der Waals surface area contributed by atoms with Crippen molar-refractivity contribution in [3.8, 4) is 0 Å². The standard InChI is InChI=1S/C24H30N2O2S.C2H3F3.C2H6/c1-5-17-9-15(3)10-18(6-2)23(17)24-20(27)11-19(12-21(24)28)16(4)14-29-22-13-25-7-8-26-22;1-2(3,4)5;1-2/h7-10,13,16,19,27H,5-6,11-12,14H2,1-4H3;1H3;1-2H3. The summed E-state index contributed by atoms with van der Waals surface area (Å²) in [7, 11) is 0. The minimum atomic E-state index is -4.00. The molecule has 2 unspecified atom stereocenters. The van der Waals surface area contributed by atoms with Crippen LogP contribution in [-0.4, -0.2) is 32.8 Å². The lowest BCUT2D eigenvalue weighted by atomic mass is 9.76. The molecule has 0 radical (unpaired) electrons. The highest BCUT2D eigenvalue weighted by molar-refractivity contribution is 7.99. The number of hydrogen-bond acceptors (Lipinski definition) is 5. The molecule has 0 saturated carbocycles. The minimum absolute atomic E-state index is 0.0726. The number of aliphatic hydroxyl groups excluding tert-OH is 1. The first-order valence-corrected chi connectivity index (χ1v) is 13.5. The second-order valence-electron chi connectivity index (χ2n) is 8.69. The molecule has 0 bridgehead atoms. The predicted molar refractivity (Wildman–Crippen MR) is 142 cm³/mol. The van der Waals surface area contributed by atoms with E-state index in [0.29, 0.717) is 24.3 Å². The van der Waals surface area contributed by atoms with Crippen LogP contribution in [0.1, 0.15) is 76.6 Å². The fourth-order valence-corrected chi connectivity index (χ4v) is 5.12. The van der Waals surface area contributed by atoms with E-state index in [1.54, 1.807) is 30.4 Å². The van der Waals surface area contributed by atoms with Crippen molar-refractivity contribution in [1.29, 1.82) is 0 Å². The van der Waals surface area contributed by atoms with Crippen molar-refractivity contribution in [2.45, 2.75) is 85.4 Å². The molecular formula is C28H39F3N2O2S. The topological polar surface area (TPSA) is 63.1 Å². The molecule has 1 aliphatic rings.